The van der Waals surface area contributed by atoms with Crippen LogP contribution in [0.3, 0.4) is 0 Å². The molecule has 2 saturated heterocycles. The number of hydrogen-bond acceptors (Lipinski definition) is 8. The van der Waals surface area contributed by atoms with E-state index in [4.69, 9.17) is 30.8 Å². The molecule has 1 amide bonds. The Bertz CT molecular complexity index is 995. The summed E-state index contributed by atoms with van der Waals surface area (Å²) < 4.78 is 21.9. The van der Waals surface area contributed by atoms with Crippen molar-refractivity contribution < 1.29 is 28.2 Å². The van der Waals surface area contributed by atoms with Crippen LogP contribution in [-0.2, 0) is 9.53 Å². The quantitative estimate of drug-likeness (QED) is 0.287. The van der Waals surface area contributed by atoms with Gasteiger partial charge in [0.05, 0.1) is 30.9 Å². The molecule has 0 N–H and O–H groups in total. The predicted molar refractivity (Wildman–Crippen MR) is 116 cm³/mol. The summed E-state index contributed by atoms with van der Waals surface area (Å²) in [6, 6.07) is 8.16. The van der Waals surface area contributed by atoms with Gasteiger partial charge >= 0.3 is 5.97 Å². The third-order valence-corrected chi connectivity index (χ3v) is 6.07. The molecule has 2 fully saturated rings. The van der Waals surface area contributed by atoms with E-state index in [0.29, 0.717) is 21.5 Å². The zero-order chi connectivity index (χ0) is 21.1. The Morgan fingerprint density at radius 1 is 1.37 bits per heavy atom. The van der Waals surface area contributed by atoms with Gasteiger partial charge in [0.1, 0.15) is 4.32 Å². The van der Waals surface area contributed by atoms with Crippen LogP contribution < -0.4 is 9.47 Å². The molecule has 0 bridgehead atoms. The first-order valence-electron chi connectivity index (χ1n) is 9.36. The Morgan fingerprint density at radius 2 is 2.23 bits per heavy atom. The number of carbonyl (C=O) groups is 2. The zero-order valence-corrected chi connectivity index (χ0v) is 17.8. The van der Waals surface area contributed by atoms with Crippen LogP contribution in [0.5, 0.6) is 11.5 Å². The minimum atomic E-state index is -0.624. The Labute approximate surface area is 183 Å². The molecule has 4 rings (SSSR count). The molecule has 30 heavy (non-hydrogen) atoms. The van der Waals surface area contributed by atoms with Crippen molar-refractivity contribution in [1.82, 2.24) is 4.90 Å². The highest BCUT2D eigenvalue weighted by Crippen LogP contribution is 2.35. The Balaban J connectivity index is 1.49. The van der Waals surface area contributed by atoms with Crippen molar-refractivity contribution in [2.75, 3.05) is 20.3 Å². The summed E-state index contributed by atoms with van der Waals surface area (Å²) in [6.45, 7) is 1.21. The van der Waals surface area contributed by atoms with Gasteiger partial charge < -0.3 is 18.6 Å². The second-order valence-corrected chi connectivity index (χ2v) is 8.38. The van der Waals surface area contributed by atoms with E-state index >= 15 is 0 Å². The van der Waals surface area contributed by atoms with E-state index in [-0.39, 0.29) is 23.5 Å². The SMILES string of the molecule is COc1cc(/C=C2\SC(=S)N(CC3CCCO3)C2=O)ccc1OC(=O)c1ccco1. The van der Waals surface area contributed by atoms with Crippen LogP contribution in [0.15, 0.2) is 45.9 Å². The third kappa shape index (κ3) is 4.43. The van der Waals surface area contributed by atoms with Crippen LogP contribution in [0.25, 0.3) is 6.08 Å². The Hall–Kier alpha value is -2.62. The number of thiocarbonyl (C=S) groups is 1. The normalized spacial score (nSPS) is 20.2. The van der Waals surface area contributed by atoms with Crippen LogP contribution in [0.1, 0.15) is 29.0 Å². The maximum absolute atomic E-state index is 12.8. The molecule has 1 aromatic heterocycles. The van der Waals surface area contributed by atoms with Gasteiger partial charge in [-0.25, -0.2) is 4.79 Å². The van der Waals surface area contributed by atoms with Gasteiger partial charge in [-0.1, -0.05) is 30.0 Å². The van der Waals surface area contributed by atoms with Gasteiger partial charge in [-0.3, -0.25) is 9.69 Å². The molecule has 3 heterocycles. The number of benzene rings is 1. The average molecular weight is 446 g/mol. The van der Waals surface area contributed by atoms with Crippen molar-refractivity contribution in [3.63, 3.8) is 0 Å². The highest BCUT2D eigenvalue weighted by atomic mass is 32.2. The molecule has 1 unspecified atom stereocenters. The minimum absolute atomic E-state index is 0.0371. The molecular formula is C21H19NO6S2. The maximum Gasteiger partial charge on any atom is 0.379 e. The first kappa shape index (κ1) is 20.6. The largest absolute Gasteiger partial charge is 0.493 e. The monoisotopic (exact) mass is 445 g/mol. The fraction of sp³-hybridized carbons (Fsp3) is 0.286. The van der Waals surface area contributed by atoms with E-state index in [0.717, 1.165) is 25.0 Å². The Morgan fingerprint density at radius 3 is 2.93 bits per heavy atom. The first-order chi connectivity index (χ1) is 14.5. The molecule has 0 aliphatic carbocycles. The fourth-order valence-electron chi connectivity index (χ4n) is 3.20. The van der Waals surface area contributed by atoms with Gasteiger partial charge in [0.25, 0.3) is 5.91 Å². The number of rotatable bonds is 6. The van der Waals surface area contributed by atoms with Gasteiger partial charge in [-0.2, -0.15) is 0 Å². The van der Waals surface area contributed by atoms with Crippen LogP contribution in [0, 0.1) is 0 Å². The molecule has 9 heteroatoms. The molecule has 0 spiro atoms. The number of esters is 1. The molecule has 1 aromatic carbocycles. The molecule has 2 aliphatic rings. The fourth-order valence-corrected chi connectivity index (χ4v) is 4.48. The van der Waals surface area contributed by atoms with Crippen molar-refractivity contribution >= 4 is 46.3 Å². The van der Waals surface area contributed by atoms with E-state index in [9.17, 15) is 9.59 Å². The summed E-state index contributed by atoms with van der Waals surface area (Å²) in [5, 5.41) is 0. The van der Waals surface area contributed by atoms with Crippen molar-refractivity contribution in [2.45, 2.75) is 18.9 Å². The summed E-state index contributed by atoms with van der Waals surface area (Å²) in [5.74, 6) is -0.0506. The number of hydrogen-bond donors (Lipinski definition) is 0. The van der Waals surface area contributed by atoms with Crippen molar-refractivity contribution in [3.8, 4) is 11.5 Å². The molecule has 0 saturated carbocycles. The lowest BCUT2D eigenvalue weighted by Gasteiger charge is -2.18. The topological polar surface area (TPSA) is 78.2 Å². The van der Waals surface area contributed by atoms with Gasteiger partial charge in [0.2, 0.25) is 5.76 Å². The van der Waals surface area contributed by atoms with Gasteiger partial charge in [-0.15, -0.1) is 0 Å². The lowest BCUT2D eigenvalue weighted by molar-refractivity contribution is -0.123. The molecule has 156 valence electrons. The number of carbonyl (C=O) groups excluding carboxylic acids is 2. The number of amides is 1. The van der Waals surface area contributed by atoms with E-state index in [2.05, 4.69) is 0 Å². The molecule has 0 radical (unpaired) electrons. The van der Waals surface area contributed by atoms with Gasteiger partial charge in [0.15, 0.2) is 11.5 Å². The zero-order valence-electron chi connectivity index (χ0n) is 16.2. The summed E-state index contributed by atoms with van der Waals surface area (Å²) in [7, 11) is 1.48. The lowest BCUT2D eigenvalue weighted by Crippen LogP contribution is -2.35. The minimum Gasteiger partial charge on any atom is -0.493 e. The van der Waals surface area contributed by atoms with Gasteiger partial charge in [0, 0.05) is 6.61 Å². The first-order valence-corrected chi connectivity index (χ1v) is 10.6. The number of methoxy groups -OCH3 is 1. The van der Waals surface area contributed by atoms with Crippen molar-refractivity contribution in [1.29, 1.82) is 0 Å². The Kier molecular flexibility index (Phi) is 6.21. The van der Waals surface area contributed by atoms with Gasteiger partial charge in [-0.05, 0) is 48.7 Å². The lowest BCUT2D eigenvalue weighted by atomic mass is 10.1. The van der Waals surface area contributed by atoms with E-state index in [1.807, 2.05) is 0 Å². The summed E-state index contributed by atoms with van der Waals surface area (Å²) in [5.41, 5.74) is 0.724. The standard InChI is InChI=1S/C21H19NO6S2/c1-25-17-10-13(6-7-15(17)28-20(24)16-5-3-9-27-16)11-18-19(23)22(21(29)30-18)12-14-4-2-8-26-14/h3,5-7,9-11,14H,2,4,8,12H2,1H3/b18-11-. The molecule has 7 nitrogen and oxygen atoms in total. The van der Waals surface area contributed by atoms with Crippen LogP contribution >= 0.6 is 24.0 Å². The maximum atomic E-state index is 12.8. The molecule has 1 atom stereocenters. The predicted octanol–water partition coefficient (Wildman–Crippen LogP) is 3.89. The average Bonchev–Trinajstić information content (AvgIpc) is 3.49. The van der Waals surface area contributed by atoms with Crippen molar-refractivity contribution in [3.05, 3.63) is 52.8 Å². The molecule has 2 aliphatic heterocycles. The number of nitrogens with zero attached hydrogens (tertiary/aromatic N) is 1. The van der Waals surface area contributed by atoms with E-state index in [1.165, 1.54) is 31.2 Å². The number of ether oxygens (including phenoxy) is 3. The third-order valence-electron chi connectivity index (χ3n) is 4.69. The number of thioether (sulfide) groups is 1. The highest BCUT2D eigenvalue weighted by Gasteiger charge is 2.34. The smallest absolute Gasteiger partial charge is 0.379 e. The second kappa shape index (κ2) is 9.03. The van der Waals surface area contributed by atoms with Crippen LogP contribution in [0.2, 0.25) is 0 Å². The van der Waals surface area contributed by atoms with Crippen LogP contribution in [0.4, 0.5) is 0 Å². The van der Waals surface area contributed by atoms with Crippen molar-refractivity contribution in [2.24, 2.45) is 0 Å². The highest BCUT2D eigenvalue weighted by molar-refractivity contribution is 8.26. The van der Waals surface area contributed by atoms with Crippen LogP contribution in [-0.4, -0.2) is 47.5 Å². The summed E-state index contributed by atoms with van der Waals surface area (Å²) in [4.78, 5) is 27.0. The summed E-state index contributed by atoms with van der Waals surface area (Å²) in [6.07, 6.45) is 5.12. The van der Waals surface area contributed by atoms with E-state index < -0.39 is 5.97 Å². The summed E-state index contributed by atoms with van der Waals surface area (Å²) >= 11 is 6.64. The molecular weight excluding hydrogens is 426 g/mol. The second-order valence-electron chi connectivity index (χ2n) is 6.70. The van der Waals surface area contributed by atoms with E-state index in [1.54, 1.807) is 35.2 Å². The molecule has 2 aromatic rings. The number of furan rings is 1.